The number of hydrogen-bond donors (Lipinski definition) is 0. The van der Waals surface area contributed by atoms with Gasteiger partial charge in [0.25, 0.3) is 5.56 Å². The second-order valence-corrected chi connectivity index (χ2v) is 8.16. The van der Waals surface area contributed by atoms with Gasteiger partial charge in [0, 0.05) is 11.3 Å². The van der Waals surface area contributed by atoms with Crippen molar-refractivity contribution in [2.75, 3.05) is 7.11 Å². The SMILES string of the molecule is COc1ccccc1Cn1c(=O)c2ccccc2n2c(SCc3ccccc3F)nnc12. The Hall–Kier alpha value is -3.65. The zero-order valence-electron chi connectivity index (χ0n) is 17.2. The summed E-state index contributed by atoms with van der Waals surface area (Å²) in [7, 11) is 1.60. The van der Waals surface area contributed by atoms with E-state index >= 15 is 0 Å². The lowest BCUT2D eigenvalue weighted by molar-refractivity contribution is 0.408. The maximum Gasteiger partial charge on any atom is 0.263 e. The molecule has 0 atom stereocenters. The molecule has 0 aliphatic carbocycles. The molecule has 0 aliphatic heterocycles. The van der Waals surface area contributed by atoms with Gasteiger partial charge in [-0.1, -0.05) is 60.3 Å². The van der Waals surface area contributed by atoms with E-state index in [-0.39, 0.29) is 17.9 Å². The van der Waals surface area contributed by atoms with Crippen molar-refractivity contribution in [3.8, 4) is 5.75 Å². The first-order chi connectivity index (χ1) is 15.7. The average molecular weight is 447 g/mol. The summed E-state index contributed by atoms with van der Waals surface area (Å²) < 4.78 is 23.0. The highest BCUT2D eigenvalue weighted by molar-refractivity contribution is 7.98. The van der Waals surface area contributed by atoms with Crippen molar-refractivity contribution < 1.29 is 9.13 Å². The third-order valence-electron chi connectivity index (χ3n) is 5.31. The molecule has 0 saturated heterocycles. The maximum absolute atomic E-state index is 14.1. The molecule has 6 nitrogen and oxygen atoms in total. The lowest BCUT2D eigenvalue weighted by Gasteiger charge is -2.13. The average Bonchev–Trinajstić information content (AvgIpc) is 3.25. The molecule has 32 heavy (non-hydrogen) atoms. The van der Waals surface area contributed by atoms with E-state index in [2.05, 4.69) is 10.2 Å². The molecule has 2 heterocycles. The highest BCUT2D eigenvalue weighted by Gasteiger charge is 2.18. The number of fused-ring (bicyclic) bond motifs is 3. The Kier molecular flexibility index (Phi) is 5.36. The van der Waals surface area contributed by atoms with Gasteiger partial charge in [0.2, 0.25) is 5.78 Å². The van der Waals surface area contributed by atoms with Crippen LogP contribution in [-0.2, 0) is 12.3 Å². The summed E-state index contributed by atoms with van der Waals surface area (Å²) in [5.41, 5.74) is 2.00. The van der Waals surface area contributed by atoms with Crippen molar-refractivity contribution in [3.63, 3.8) is 0 Å². The predicted molar refractivity (Wildman–Crippen MR) is 123 cm³/mol. The maximum atomic E-state index is 14.1. The molecule has 2 aromatic heterocycles. The van der Waals surface area contributed by atoms with Crippen LogP contribution in [0.3, 0.4) is 0 Å². The normalized spacial score (nSPS) is 11.3. The monoisotopic (exact) mass is 446 g/mol. The highest BCUT2D eigenvalue weighted by atomic mass is 32.2. The summed E-state index contributed by atoms with van der Waals surface area (Å²) in [6.45, 7) is 0.285. The molecule has 0 fully saturated rings. The zero-order valence-corrected chi connectivity index (χ0v) is 18.1. The lowest BCUT2D eigenvalue weighted by atomic mass is 10.2. The van der Waals surface area contributed by atoms with Crippen LogP contribution in [0.4, 0.5) is 4.39 Å². The number of thioether (sulfide) groups is 1. The van der Waals surface area contributed by atoms with Crippen molar-refractivity contribution in [1.29, 1.82) is 0 Å². The molecule has 3 aromatic carbocycles. The summed E-state index contributed by atoms with van der Waals surface area (Å²) in [5, 5.41) is 9.82. The third-order valence-corrected chi connectivity index (χ3v) is 6.29. The number of ether oxygens (including phenoxy) is 1. The van der Waals surface area contributed by atoms with Gasteiger partial charge in [0.15, 0.2) is 5.16 Å². The standard InChI is InChI=1S/C24H19FN4O2S/c1-31-21-13-7-3-8-16(21)14-28-22(30)18-10-4-6-12-20(18)29-23(28)26-27-24(29)32-15-17-9-2-5-11-19(17)25/h2-13H,14-15H2,1H3. The first-order valence-electron chi connectivity index (χ1n) is 10.0. The van der Waals surface area contributed by atoms with Gasteiger partial charge in [-0.3, -0.25) is 13.8 Å². The summed E-state index contributed by atoms with van der Waals surface area (Å²) >= 11 is 1.38. The Morgan fingerprint density at radius 2 is 1.66 bits per heavy atom. The van der Waals surface area contributed by atoms with Gasteiger partial charge in [-0.05, 0) is 29.8 Å². The molecule has 0 aliphatic rings. The van der Waals surface area contributed by atoms with Crippen LogP contribution in [0.2, 0.25) is 0 Å². The Balaban J connectivity index is 1.65. The van der Waals surface area contributed by atoms with Crippen LogP contribution in [0.5, 0.6) is 5.75 Å². The first kappa shape index (κ1) is 20.3. The minimum atomic E-state index is -0.258. The number of halogens is 1. The Morgan fingerprint density at radius 1 is 0.938 bits per heavy atom. The van der Waals surface area contributed by atoms with Crippen molar-refractivity contribution in [2.45, 2.75) is 17.5 Å². The van der Waals surface area contributed by atoms with Crippen molar-refractivity contribution >= 4 is 28.4 Å². The van der Waals surface area contributed by atoms with E-state index < -0.39 is 0 Å². The van der Waals surface area contributed by atoms with Crippen LogP contribution in [-0.4, -0.2) is 26.3 Å². The number of aromatic nitrogens is 4. The van der Waals surface area contributed by atoms with Crippen LogP contribution >= 0.6 is 11.8 Å². The van der Waals surface area contributed by atoms with E-state index in [1.165, 1.54) is 17.8 Å². The largest absolute Gasteiger partial charge is 0.496 e. The molecule has 0 amide bonds. The van der Waals surface area contributed by atoms with Gasteiger partial charge < -0.3 is 4.74 Å². The quantitative estimate of drug-likeness (QED) is 0.359. The number of para-hydroxylation sites is 2. The Bertz CT molecular complexity index is 1490. The molecule has 0 spiro atoms. The Morgan fingerprint density at radius 3 is 2.47 bits per heavy atom. The van der Waals surface area contributed by atoms with Gasteiger partial charge in [-0.15, -0.1) is 10.2 Å². The van der Waals surface area contributed by atoms with Crippen LogP contribution in [0.25, 0.3) is 16.7 Å². The van der Waals surface area contributed by atoms with E-state index in [1.54, 1.807) is 35.9 Å². The number of nitrogens with zero attached hydrogens (tertiary/aromatic N) is 4. The molecule has 0 radical (unpaired) electrons. The summed E-state index contributed by atoms with van der Waals surface area (Å²) in [6.07, 6.45) is 0. The summed E-state index contributed by atoms with van der Waals surface area (Å²) in [6, 6.07) is 21.6. The summed E-state index contributed by atoms with van der Waals surface area (Å²) in [5.74, 6) is 1.26. The summed E-state index contributed by atoms with van der Waals surface area (Å²) in [4.78, 5) is 13.4. The number of hydrogen-bond acceptors (Lipinski definition) is 5. The molecule has 0 unspecified atom stereocenters. The number of rotatable bonds is 6. The molecular formula is C24H19FN4O2S. The van der Waals surface area contributed by atoms with Crippen molar-refractivity contribution in [1.82, 2.24) is 19.2 Å². The lowest BCUT2D eigenvalue weighted by Crippen LogP contribution is -2.24. The first-order valence-corrected chi connectivity index (χ1v) is 11.0. The molecule has 0 bridgehead atoms. The van der Waals surface area contributed by atoms with Gasteiger partial charge >= 0.3 is 0 Å². The topological polar surface area (TPSA) is 61.4 Å². The fourth-order valence-corrected chi connectivity index (χ4v) is 4.66. The van der Waals surface area contributed by atoms with Crippen LogP contribution in [0.15, 0.2) is 82.7 Å². The number of methoxy groups -OCH3 is 1. The zero-order chi connectivity index (χ0) is 22.1. The van der Waals surface area contributed by atoms with E-state index in [0.29, 0.717) is 38.9 Å². The highest BCUT2D eigenvalue weighted by Crippen LogP contribution is 2.26. The Labute approximate surface area is 187 Å². The second kappa shape index (κ2) is 8.47. The van der Waals surface area contributed by atoms with Crippen molar-refractivity contribution in [3.05, 3.63) is 100 Å². The molecular weight excluding hydrogens is 427 g/mol. The molecule has 5 rings (SSSR count). The van der Waals surface area contributed by atoms with E-state index in [0.717, 1.165) is 5.56 Å². The second-order valence-electron chi connectivity index (χ2n) is 7.22. The molecule has 160 valence electrons. The van der Waals surface area contributed by atoms with Crippen LogP contribution < -0.4 is 10.3 Å². The molecule has 5 aromatic rings. The molecule has 0 saturated carbocycles. The molecule has 0 N–H and O–H groups in total. The minimum absolute atomic E-state index is 0.156. The fraction of sp³-hybridized carbons (Fsp3) is 0.125. The van der Waals surface area contributed by atoms with Gasteiger partial charge in [-0.25, -0.2) is 4.39 Å². The molecule has 8 heteroatoms. The number of benzene rings is 3. The fourth-order valence-electron chi connectivity index (χ4n) is 3.73. The van der Waals surface area contributed by atoms with Gasteiger partial charge in [0.1, 0.15) is 11.6 Å². The smallest absolute Gasteiger partial charge is 0.263 e. The van der Waals surface area contributed by atoms with E-state index in [1.807, 2.05) is 46.9 Å². The third kappa shape index (κ3) is 3.52. The minimum Gasteiger partial charge on any atom is -0.496 e. The predicted octanol–water partition coefficient (Wildman–Crippen LogP) is 4.53. The van der Waals surface area contributed by atoms with Crippen LogP contribution in [0, 0.1) is 5.82 Å². The van der Waals surface area contributed by atoms with E-state index in [4.69, 9.17) is 4.74 Å². The van der Waals surface area contributed by atoms with Gasteiger partial charge in [0.05, 0.1) is 24.6 Å². The van der Waals surface area contributed by atoms with Gasteiger partial charge in [-0.2, -0.15) is 0 Å². The van der Waals surface area contributed by atoms with Crippen molar-refractivity contribution in [2.24, 2.45) is 0 Å². The van der Waals surface area contributed by atoms with E-state index in [9.17, 15) is 9.18 Å². The van der Waals surface area contributed by atoms with Crippen LogP contribution in [0.1, 0.15) is 11.1 Å².